The molecule has 11 rings (SSSR count). The van der Waals surface area contributed by atoms with Gasteiger partial charge in [0.25, 0.3) is 0 Å². The average Bonchev–Trinajstić information content (AvgIpc) is 3.77. The Balaban J connectivity index is 1.21. The molecule has 4 atom stereocenters. The average molecular weight is 795 g/mol. The van der Waals surface area contributed by atoms with Crippen molar-refractivity contribution in [3.63, 3.8) is 0 Å². The molecule has 9 heteroatoms. The molecule has 0 bridgehead atoms. The van der Waals surface area contributed by atoms with Gasteiger partial charge in [-0.3, -0.25) is 0 Å². The second kappa shape index (κ2) is 12.3. The van der Waals surface area contributed by atoms with Crippen LogP contribution in [0.15, 0.2) is 133 Å². The molecule has 0 spiro atoms. The predicted molar refractivity (Wildman–Crippen MR) is 230 cm³/mol. The predicted octanol–water partition coefficient (Wildman–Crippen LogP) is 10.4. The van der Waals surface area contributed by atoms with Crippen molar-refractivity contribution in [1.29, 1.82) is 0 Å². The summed E-state index contributed by atoms with van der Waals surface area (Å²) in [6, 6.07) is 21.6. The number of ether oxygens (including phenoxy) is 1. The lowest BCUT2D eigenvalue weighted by atomic mass is 9.72. The van der Waals surface area contributed by atoms with Crippen molar-refractivity contribution in [2.45, 2.75) is 25.4 Å². The van der Waals surface area contributed by atoms with Crippen LogP contribution in [0.4, 0.5) is 0 Å². The van der Waals surface area contributed by atoms with E-state index in [-0.39, 0.29) is 55.8 Å². The van der Waals surface area contributed by atoms with Gasteiger partial charge in [0.05, 0.1) is 0 Å². The fourth-order valence-electron chi connectivity index (χ4n) is 10.6. The molecule has 0 fully saturated rings. The first-order valence-corrected chi connectivity index (χ1v) is 19.8. The van der Waals surface area contributed by atoms with Crippen LogP contribution in [0.2, 0.25) is 0 Å². The molecule has 0 aromatic heterocycles. The summed E-state index contributed by atoms with van der Waals surface area (Å²) in [5.41, 5.74) is 7.58. The zero-order valence-corrected chi connectivity index (χ0v) is 32.3. The first kappa shape index (κ1) is 35.6. The standard InChI is InChI=1S/C51H38O9/c1-51(2)32-16-6-5-13-29(32)30-15-8-14-28(42(30)51)24-10-7-11-25(21-24)35-38-40(45(54)49(58)47(56)43(38)52)36(41-39(35)44(53)48(57)50(59)46(41)55)26-18-19-33-31(22-26)37-27-12-4-3-9-23(27)17-20-34(37)60-33/h3-23,27,31,33,52-59H,1-2H3/t23?,27-,31?,33?/m1/s1. The number of phenolic OH excluding ortho intramolecular Hbond substituents is 8. The number of rotatable bonds is 3. The summed E-state index contributed by atoms with van der Waals surface area (Å²) in [5.74, 6) is -6.82. The lowest BCUT2D eigenvalue weighted by Crippen LogP contribution is -2.24. The second-order valence-corrected chi connectivity index (χ2v) is 16.7. The summed E-state index contributed by atoms with van der Waals surface area (Å²) in [6.45, 7) is 4.35. The maximum atomic E-state index is 11.9. The molecule has 9 nitrogen and oxygen atoms in total. The maximum absolute atomic E-state index is 11.9. The number of phenols is 8. The summed E-state index contributed by atoms with van der Waals surface area (Å²) in [7, 11) is 0. The van der Waals surface area contributed by atoms with Crippen LogP contribution in [0.25, 0.3) is 60.5 Å². The van der Waals surface area contributed by atoms with Gasteiger partial charge in [-0.1, -0.05) is 117 Å². The van der Waals surface area contributed by atoms with E-state index in [1.807, 2.05) is 66.8 Å². The van der Waals surface area contributed by atoms with E-state index >= 15 is 0 Å². The maximum Gasteiger partial charge on any atom is 0.204 e. The van der Waals surface area contributed by atoms with Crippen molar-refractivity contribution in [2.24, 2.45) is 17.8 Å². The molecule has 6 aromatic carbocycles. The van der Waals surface area contributed by atoms with Gasteiger partial charge < -0.3 is 45.6 Å². The third kappa shape index (κ3) is 4.57. The molecular weight excluding hydrogens is 757 g/mol. The molecule has 296 valence electrons. The molecule has 3 unspecified atom stereocenters. The van der Waals surface area contributed by atoms with Gasteiger partial charge in [0.2, 0.25) is 23.0 Å². The molecule has 1 heterocycles. The number of benzene rings is 6. The fourth-order valence-corrected chi connectivity index (χ4v) is 10.6. The van der Waals surface area contributed by atoms with Gasteiger partial charge >= 0.3 is 0 Å². The van der Waals surface area contributed by atoms with Crippen LogP contribution in [-0.4, -0.2) is 47.0 Å². The van der Waals surface area contributed by atoms with Crippen LogP contribution in [-0.2, 0) is 10.2 Å². The molecule has 0 saturated carbocycles. The topological polar surface area (TPSA) is 171 Å². The second-order valence-electron chi connectivity index (χ2n) is 16.7. The lowest BCUT2D eigenvalue weighted by molar-refractivity contribution is 0.174. The van der Waals surface area contributed by atoms with Gasteiger partial charge in [-0.15, -0.1) is 0 Å². The quantitative estimate of drug-likeness (QED) is 0.0493. The molecule has 8 N–H and O–H groups in total. The van der Waals surface area contributed by atoms with Gasteiger partial charge in [-0.2, -0.15) is 0 Å². The summed E-state index contributed by atoms with van der Waals surface area (Å²) in [5, 5.41) is 91.6. The van der Waals surface area contributed by atoms with Crippen molar-refractivity contribution < 1.29 is 45.6 Å². The van der Waals surface area contributed by atoms with Gasteiger partial charge in [0.1, 0.15) is 11.9 Å². The van der Waals surface area contributed by atoms with E-state index < -0.39 is 52.1 Å². The van der Waals surface area contributed by atoms with Crippen LogP contribution < -0.4 is 0 Å². The highest BCUT2D eigenvalue weighted by atomic mass is 16.5. The van der Waals surface area contributed by atoms with E-state index in [0.717, 1.165) is 39.1 Å². The van der Waals surface area contributed by atoms with Gasteiger partial charge in [0.15, 0.2) is 23.0 Å². The van der Waals surface area contributed by atoms with Crippen LogP contribution in [0.1, 0.15) is 30.5 Å². The van der Waals surface area contributed by atoms with Crippen LogP contribution in [0.5, 0.6) is 46.0 Å². The highest BCUT2D eigenvalue weighted by Gasteiger charge is 2.43. The third-order valence-electron chi connectivity index (χ3n) is 13.2. The molecule has 0 amide bonds. The first-order chi connectivity index (χ1) is 28.9. The van der Waals surface area contributed by atoms with E-state index in [4.69, 9.17) is 4.74 Å². The molecule has 4 aliphatic carbocycles. The lowest BCUT2D eigenvalue weighted by Gasteiger charge is -2.30. The van der Waals surface area contributed by atoms with E-state index in [1.165, 1.54) is 5.56 Å². The van der Waals surface area contributed by atoms with Crippen molar-refractivity contribution in [3.8, 4) is 79.4 Å². The fraction of sp³-hybridized carbons (Fsp3) is 0.137. The van der Waals surface area contributed by atoms with Crippen molar-refractivity contribution in [3.05, 3.63) is 149 Å². The molecule has 0 radical (unpaired) electrons. The normalized spacial score (nSPS) is 21.4. The Labute approximate surface area is 343 Å². The Morgan fingerprint density at radius 1 is 0.517 bits per heavy atom. The Kier molecular flexibility index (Phi) is 7.27. The first-order valence-electron chi connectivity index (χ1n) is 19.8. The van der Waals surface area contributed by atoms with Crippen LogP contribution in [0.3, 0.4) is 0 Å². The molecule has 5 aliphatic rings. The Hall–Kier alpha value is -7.52. The van der Waals surface area contributed by atoms with Crippen molar-refractivity contribution in [1.82, 2.24) is 0 Å². The number of aromatic hydroxyl groups is 8. The van der Waals surface area contributed by atoms with Gasteiger partial charge in [0, 0.05) is 55.8 Å². The monoisotopic (exact) mass is 794 g/mol. The van der Waals surface area contributed by atoms with Gasteiger partial charge in [-0.25, -0.2) is 0 Å². The summed E-state index contributed by atoms with van der Waals surface area (Å²) >= 11 is 0. The zero-order valence-electron chi connectivity index (χ0n) is 32.3. The van der Waals surface area contributed by atoms with E-state index in [1.54, 1.807) is 18.2 Å². The summed E-state index contributed by atoms with van der Waals surface area (Å²) in [6.07, 6.45) is 17.4. The minimum atomic E-state index is -1.01. The van der Waals surface area contributed by atoms with Crippen LogP contribution >= 0.6 is 0 Å². The molecular formula is C51H38O9. The smallest absolute Gasteiger partial charge is 0.204 e. The van der Waals surface area contributed by atoms with E-state index in [0.29, 0.717) is 11.1 Å². The van der Waals surface area contributed by atoms with Gasteiger partial charge in [-0.05, 0) is 68.3 Å². The van der Waals surface area contributed by atoms with Crippen molar-refractivity contribution >= 4 is 27.1 Å². The highest BCUT2D eigenvalue weighted by Crippen LogP contribution is 2.62. The number of hydrogen-bond acceptors (Lipinski definition) is 9. The minimum Gasteiger partial charge on any atom is -0.504 e. The number of hydrogen-bond donors (Lipinski definition) is 8. The summed E-state index contributed by atoms with van der Waals surface area (Å²) in [4.78, 5) is 0. The zero-order chi connectivity index (χ0) is 41.5. The molecule has 0 saturated heterocycles. The molecule has 60 heavy (non-hydrogen) atoms. The Morgan fingerprint density at radius 3 is 1.80 bits per heavy atom. The van der Waals surface area contributed by atoms with E-state index in [9.17, 15) is 40.9 Å². The number of fused-ring (bicyclic) bond motifs is 9. The molecule has 6 aromatic rings. The largest absolute Gasteiger partial charge is 0.504 e. The molecule has 1 aliphatic heterocycles. The highest BCUT2D eigenvalue weighted by molar-refractivity contribution is 6.27. The minimum absolute atomic E-state index is 0.000366. The van der Waals surface area contributed by atoms with Crippen molar-refractivity contribution in [2.75, 3.05) is 0 Å². The Morgan fingerprint density at radius 2 is 1.10 bits per heavy atom. The number of allylic oxidation sites excluding steroid dienone is 8. The Bertz CT molecular complexity index is 3080. The SMILES string of the molecule is CC1(C)c2ccccc2-c2cccc(-c3cccc(-c4c5c(O)c(O)c(O)c(O)c5c(C5=CC6C7=C(C=CC8C=CC=C[C@@H]78)OC6C=C5)c5c(O)c(O)c(O)c(O)c45)c3)c21. The van der Waals surface area contributed by atoms with Crippen LogP contribution in [0, 0.1) is 17.8 Å². The third-order valence-corrected chi connectivity index (χ3v) is 13.2. The summed E-state index contributed by atoms with van der Waals surface area (Å²) < 4.78 is 6.39. The van der Waals surface area contributed by atoms with E-state index in [2.05, 4.69) is 50.3 Å².